The molecule has 1 aliphatic rings. The van der Waals surface area contributed by atoms with Gasteiger partial charge >= 0.3 is 0 Å². The van der Waals surface area contributed by atoms with Crippen LogP contribution in [0.25, 0.3) is 0 Å². The molecule has 1 saturated carbocycles. The van der Waals surface area contributed by atoms with E-state index in [2.05, 4.69) is 10.6 Å². The van der Waals surface area contributed by atoms with E-state index in [9.17, 15) is 18.4 Å². The van der Waals surface area contributed by atoms with Crippen LogP contribution >= 0.6 is 0 Å². The number of carbonyl (C=O) groups excluding carboxylic acids is 2. The molecule has 1 fully saturated rings. The van der Waals surface area contributed by atoms with Gasteiger partial charge in [-0.25, -0.2) is 8.78 Å². The first kappa shape index (κ1) is 17.3. The third kappa shape index (κ3) is 5.59. The van der Waals surface area contributed by atoms with Gasteiger partial charge in [-0.05, 0) is 25.8 Å². The largest absolute Gasteiger partial charge is 0.348 e. The Morgan fingerprint density at radius 3 is 2.52 bits per heavy atom. The first-order valence-electron chi connectivity index (χ1n) is 7.70. The quantitative estimate of drug-likeness (QED) is 0.657. The van der Waals surface area contributed by atoms with Crippen LogP contribution in [0, 0.1) is 11.6 Å². The van der Waals surface area contributed by atoms with Gasteiger partial charge in [0, 0.05) is 17.7 Å². The van der Waals surface area contributed by atoms with Gasteiger partial charge in [0.05, 0.1) is 13.1 Å². The van der Waals surface area contributed by atoms with Crippen molar-refractivity contribution < 1.29 is 23.3 Å². The van der Waals surface area contributed by atoms with Crippen LogP contribution in [0.5, 0.6) is 0 Å². The van der Waals surface area contributed by atoms with E-state index < -0.39 is 17.7 Å². The second-order valence-electron chi connectivity index (χ2n) is 6.11. The van der Waals surface area contributed by atoms with Crippen LogP contribution < -0.4 is 15.5 Å². The lowest BCUT2D eigenvalue weighted by Crippen LogP contribution is -3.11. The summed E-state index contributed by atoms with van der Waals surface area (Å²) in [4.78, 5) is 24.4. The van der Waals surface area contributed by atoms with Crippen molar-refractivity contribution in [1.82, 2.24) is 10.6 Å². The number of halogens is 2. The summed E-state index contributed by atoms with van der Waals surface area (Å²) in [7, 11) is 1.75. The fraction of sp³-hybridized carbons (Fsp3) is 0.500. The first-order valence-corrected chi connectivity index (χ1v) is 7.70. The van der Waals surface area contributed by atoms with E-state index in [1.54, 1.807) is 14.0 Å². The Balaban J connectivity index is 1.79. The fourth-order valence-electron chi connectivity index (χ4n) is 2.34. The zero-order chi connectivity index (χ0) is 17.0. The smallest absolute Gasteiger partial charge is 0.275 e. The lowest BCUT2D eigenvalue weighted by Gasteiger charge is -2.17. The van der Waals surface area contributed by atoms with Gasteiger partial charge in [0.15, 0.2) is 13.1 Å². The summed E-state index contributed by atoms with van der Waals surface area (Å²) in [6.45, 7) is 1.94. The van der Waals surface area contributed by atoms with E-state index in [1.807, 2.05) is 0 Å². The van der Waals surface area contributed by atoms with Crippen LogP contribution in [-0.2, 0) is 9.59 Å². The number of carbonyl (C=O) groups is 2. The zero-order valence-corrected chi connectivity index (χ0v) is 13.3. The van der Waals surface area contributed by atoms with Gasteiger partial charge < -0.3 is 15.5 Å². The molecule has 2 rings (SSSR count). The maximum atomic E-state index is 13.7. The number of amides is 2. The van der Waals surface area contributed by atoms with Gasteiger partial charge in [-0.15, -0.1) is 0 Å². The number of hydrogen-bond donors (Lipinski definition) is 3. The Bertz CT molecular complexity index is 591. The molecule has 7 heteroatoms. The average molecular weight is 326 g/mol. The zero-order valence-electron chi connectivity index (χ0n) is 13.3. The van der Waals surface area contributed by atoms with Gasteiger partial charge in [0.25, 0.3) is 11.8 Å². The van der Waals surface area contributed by atoms with Crippen LogP contribution in [-0.4, -0.2) is 38.0 Å². The summed E-state index contributed by atoms with van der Waals surface area (Å²) in [6, 6.07) is 2.98. The lowest BCUT2D eigenvalue weighted by molar-refractivity contribution is -0.862. The molecular weight excluding hydrogens is 304 g/mol. The van der Waals surface area contributed by atoms with E-state index in [0.717, 1.165) is 29.9 Å². The second-order valence-corrected chi connectivity index (χ2v) is 6.11. The molecule has 1 aliphatic carbocycles. The maximum Gasteiger partial charge on any atom is 0.275 e. The van der Waals surface area contributed by atoms with Crippen molar-refractivity contribution in [2.75, 3.05) is 20.1 Å². The highest BCUT2D eigenvalue weighted by atomic mass is 19.1. The van der Waals surface area contributed by atoms with E-state index >= 15 is 0 Å². The molecule has 2 amide bonds. The van der Waals surface area contributed by atoms with Crippen molar-refractivity contribution in [3.05, 3.63) is 35.4 Å². The number of hydrogen-bond acceptors (Lipinski definition) is 2. The maximum absolute atomic E-state index is 13.7. The molecule has 0 radical (unpaired) electrons. The van der Waals surface area contributed by atoms with Crippen molar-refractivity contribution in [3.8, 4) is 0 Å². The van der Waals surface area contributed by atoms with Gasteiger partial charge in [0.1, 0.15) is 11.6 Å². The van der Waals surface area contributed by atoms with Crippen LogP contribution in [0.1, 0.15) is 31.4 Å². The highest BCUT2D eigenvalue weighted by Crippen LogP contribution is 2.18. The predicted octanol–water partition coefficient (Wildman–Crippen LogP) is -0.0647. The average Bonchev–Trinajstić information content (AvgIpc) is 3.21. The number of nitrogens with one attached hydrogen (secondary N) is 3. The van der Waals surface area contributed by atoms with Crippen molar-refractivity contribution >= 4 is 11.8 Å². The lowest BCUT2D eigenvalue weighted by atomic mass is 10.1. The molecule has 2 atom stereocenters. The van der Waals surface area contributed by atoms with Crippen molar-refractivity contribution in [2.24, 2.45) is 0 Å². The Hall–Kier alpha value is -2.02. The SMILES string of the molecule is C[C@@H](NC(=O)C[NH+](C)CC(=O)NC1CC1)c1ccc(F)cc1F. The van der Waals surface area contributed by atoms with Crippen molar-refractivity contribution in [3.63, 3.8) is 0 Å². The van der Waals surface area contributed by atoms with Crippen LogP contribution in [0.4, 0.5) is 8.78 Å². The van der Waals surface area contributed by atoms with Crippen molar-refractivity contribution in [2.45, 2.75) is 31.8 Å². The summed E-state index contributed by atoms with van der Waals surface area (Å²) in [6.07, 6.45) is 2.04. The third-order valence-corrected chi connectivity index (χ3v) is 3.67. The molecule has 0 spiro atoms. The molecule has 1 aromatic rings. The minimum absolute atomic E-state index is 0.0737. The summed E-state index contributed by atoms with van der Waals surface area (Å²) in [5, 5.41) is 5.52. The van der Waals surface area contributed by atoms with E-state index in [1.165, 1.54) is 6.07 Å². The minimum atomic E-state index is -0.692. The normalized spacial score (nSPS) is 16.5. The van der Waals surface area contributed by atoms with Crippen LogP contribution in [0.3, 0.4) is 0 Å². The van der Waals surface area contributed by atoms with Gasteiger partial charge in [-0.1, -0.05) is 6.07 Å². The van der Waals surface area contributed by atoms with Crippen molar-refractivity contribution in [1.29, 1.82) is 0 Å². The van der Waals surface area contributed by atoms with E-state index in [4.69, 9.17) is 0 Å². The van der Waals surface area contributed by atoms with Gasteiger partial charge in [-0.2, -0.15) is 0 Å². The number of benzene rings is 1. The molecule has 0 bridgehead atoms. The summed E-state index contributed by atoms with van der Waals surface area (Å²) in [5.74, 6) is -1.72. The number of likely N-dealkylation sites (N-methyl/N-ethyl adjacent to an activating group) is 1. The Morgan fingerprint density at radius 2 is 1.91 bits per heavy atom. The highest BCUT2D eigenvalue weighted by Gasteiger charge is 2.25. The Morgan fingerprint density at radius 1 is 1.26 bits per heavy atom. The third-order valence-electron chi connectivity index (χ3n) is 3.67. The van der Waals surface area contributed by atoms with E-state index in [-0.39, 0.29) is 30.5 Å². The van der Waals surface area contributed by atoms with Gasteiger partial charge in [-0.3, -0.25) is 9.59 Å². The topological polar surface area (TPSA) is 62.6 Å². The summed E-state index contributed by atoms with van der Waals surface area (Å²) < 4.78 is 26.6. The van der Waals surface area contributed by atoms with E-state index in [0.29, 0.717) is 6.04 Å². The standard InChI is InChI=1S/C16H21F2N3O2/c1-10(13-6-3-11(17)7-14(13)18)19-15(22)8-21(2)9-16(23)20-12-4-5-12/h3,6-7,10,12H,4-5,8-9H2,1-2H3,(H,19,22)(H,20,23)/p+1/t10-/m1/s1. The molecule has 1 aromatic carbocycles. The minimum Gasteiger partial charge on any atom is -0.348 e. The molecule has 0 saturated heterocycles. The molecule has 0 heterocycles. The predicted molar refractivity (Wildman–Crippen MR) is 80.7 cm³/mol. The second kappa shape index (κ2) is 7.50. The monoisotopic (exact) mass is 326 g/mol. The van der Waals surface area contributed by atoms with Gasteiger partial charge in [0.2, 0.25) is 0 Å². The van der Waals surface area contributed by atoms with Crippen LogP contribution in [0.2, 0.25) is 0 Å². The molecule has 1 unspecified atom stereocenters. The number of rotatable bonds is 7. The Kier molecular flexibility index (Phi) is 5.65. The molecule has 0 aromatic heterocycles. The highest BCUT2D eigenvalue weighted by molar-refractivity contribution is 5.79. The molecule has 3 N–H and O–H groups in total. The molecule has 126 valence electrons. The van der Waals surface area contributed by atoms with Crippen LogP contribution in [0.15, 0.2) is 18.2 Å². The summed E-state index contributed by atoms with van der Waals surface area (Å²) >= 11 is 0. The molecular formula is C16H22F2N3O2+. The summed E-state index contributed by atoms with van der Waals surface area (Å²) in [5.41, 5.74) is 0.226. The Labute approximate surface area is 134 Å². The number of quaternary nitrogens is 1. The molecule has 23 heavy (non-hydrogen) atoms. The molecule has 0 aliphatic heterocycles. The first-order chi connectivity index (χ1) is 10.8. The molecule has 5 nitrogen and oxygen atoms in total. The fourth-order valence-corrected chi connectivity index (χ4v) is 2.34.